The first kappa shape index (κ1) is 24.7. The van der Waals surface area contributed by atoms with Crippen LogP contribution in [0.15, 0.2) is 60.8 Å². The molecule has 0 radical (unpaired) electrons. The Labute approximate surface area is 215 Å². The molecule has 0 aliphatic carbocycles. The van der Waals surface area contributed by atoms with Crippen LogP contribution >= 0.6 is 0 Å². The van der Waals surface area contributed by atoms with E-state index in [-0.39, 0.29) is 37.4 Å². The molecule has 3 heterocycles. The van der Waals surface area contributed by atoms with Gasteiger partial charge in [-0.25, -0.2) is 4.39 Å². The summed E-state index contributed by atoms with van der Waals surface area (Å²) < 4.78 is 13.7. The lowest BCUT2D eigenvalue weighted by atomic mass is 10.0. The van der Waals surface area contributed by atoms with E-state index in [0.717, 1.165) is 48.2 Å². The van der Waals surface area contributed by atoms with Gasteiger partial charge in [-0.2, -0.15) is 5.26 Å². The third kappa shape index (κ3) is 5.70. The second-order valence-corrected chi connectivity index (χ2v) is 9.64. The fourth-order valence-electron chi connectivity index (χ4n) is 5.04. The number of carbonyl (C=O) groups is 2. The van der Waals surface area contributed by atoms with Crippen molar-refractivity contribution in [2.24, 2.45) is 0 Å². The fraction of sp³-hybridized carbons (Fsp3) is 0.357. The normalized spacial score (nSPS) is 20.5. The molecule has 0 spiro atoms. The van der Waals surface area contributed by atoms with E-state index in [9.17, 15) is 19.2 Å². The Morgan fingerprint density at radius 3 is 2.65 bits per heavy atom. The van der Waals surface area contributed by atoms with Crippen LogP contribution in [0.4, 0.5) is 15.8 Å². The van der Waals surface area contributed by atoms with Crippen molar-refractivity contribution >= 4 is 34.1 Å². The zero-order chi connectivity index (χ0) is 25.8. The van der Waals surface area contributed by atoms with E-state index in [1.807, 2.05) is 60.7 Å². The molecule has 2 N–H and O–H groups in total. The smallest absolute Gasteiger partial charge is 0.257 e. The van der Waals surface area contributed by atoms with Gasteiger partial charge in [-0.3, -0.25) is 19.5 Å². The quantitative estimate of drug-likeness (QED) is 0.534. The van der Waals surface area contributed by atoms with E-state index in [1.165, 1.54) is 4.90 Å². The molecule has 190 valence electrons. The summed E-state index contributed by atoms with van der Waals surface area (Å²) >= 11 is 0. The van der Waals surface area contributed by atoms with Gasteiger partial charge in [0.2, 0.25) is 5.91 Å². The van der Waals surface area contributed by atoms with Gasteiger partial charge in [0.15, 0.2) is 0 Å². The molecule has 2 aliphatic heterocycles. The van der Waals surface area contributed by atoms with Gasteiger partial charge in [0.25, 0.3) is 5.91 Å². The van der Waals surface area contributed by atoms with Crippen molar-refractivity contribution in [2.75, 3.05) is 36.8 Å². The summed E-state index contributed by atoms with van der Waals surface area (Å²) in [5.41, 5.74) is 2.92. The number of hydrogen-bond donors (Lipinski definition) is 2. The Morgan fingerprint density at radius 1 is 1.11 bits per heavy atom. The molecule has 3 aromatic rings. The number of nitrogens with one attached hydrogen (secondary N) is 2. The Kier molecular flexibility index (Phi) is 7.28. The molecule has 5 rings (SSSR count). The monoisotopic (exact) mass is 500 g/mol. The maximum Gasteiger partial charge on any atom is 0.257 e. The molecule has 0 saturated carbocycles. The van der Waals surface area contributed by atoms with E-state index in [0.29, 0.717) is 5.56 Å². The molecular formula is C28H29FN6O2. The van der Waals surface area contributed by atoms with Crippen LogP contribution in [0.25, 0.3) is 10.9 Å². The van der Waals surface area contributed by atoms with Crippen LogP contribution < -0.4 is 10.6 Å². The Balaban J connectivity index is 1.20. The van der Waals surface area contributed by atoms with Gasteiger partial charge in [0.1, 0.15) is 12.2 Å². The molecule has 2 saturated heterocycles. The predicted octanol–water partition coefficient (Wildman–Crippen LogP) is 3.83. The molecule has 2 aliphatic rings. The van der Waals surface area contributed by atoms with Gasteiger partial charge in [0, 0.05) is 48.5 Å². The zero-order valence-corrected chi connectivity index (χ0v) is 20.4. The zero-order valence-electron chi connectivity index (χ0n) is 20.4. The second kappa shape index (κ2) is 10.9. The highest BCUT2D eigenvalue weighted by molar-refractivity contribution is 6.07. The lowest BCUT2D eigenvalue weighted by Crippen LogP contribution is -2.46. The van der Waals surface area contributed by atoms with Gasteiger partial charge >= 0.3 is 0 Å². The third-order valence-electron chi connectivity index (χ3n) is 7.04. The highest BCUT2D eigenvalue weighted by Crippen LogP contribution is 2.26. The minimum Gasteiger partial charge on any atom is -0.382 e. The first-order valence-corrected chi connectivity index (χ1v) is 12.6. The van der Waals surface area contributed by atoms with E-state index in [1.54, 1.807) is 6.20 Å². The minimum atomic E-state index is -1.12. The second-order valence-electron chi connectivity index (χ2n) is 9.64. The van der Waals surface area contributed by atoms with E-state index >= 15 is 0 Å². The summed E-state index contributed by atoms with van der Waals surface area (Å²) in [6, 6.07) is 18.6. The number of halogens is 1. The first-order chi connectivity index (χ1) is 18.0. The maximum absolute atomic E-state index is 13.7. The average Bonchev–Trinajstić information content (AvgIpc) is 3.31. The van der Waals surface area contributed by atoms with Crippen molar-refractivity contribution in [3.8, 4) is 6.07 Å². The molecule has 2 aromatic carbocycles. The van der Waals surface area contributed by atoms with Crippen LogP contribution in [0.5, 0.6) is 0 Å². The van der Waals surface area contributed by atoms with E-state index in [2.05, 4.69) is 20.5 Å². The van der Waals surface area contributed by atoms with Crippen molar-refractivity contribution in [3.05, 3.63) is 66.4 Å². The molecule has 9 heteroatoms. The summed E-state index contributed by atoms with van der Waals surface area (Å²) in [4.78, 5) is 33.4. The number of benzene rings is 2. The van der Waals surface area contributed by atoms with Crippen LogP contribution in [0, 0.1) is 11.3 Å². The number of aromatic nitrogens is 1. The third-order valence-corrected chi connectivity index (χ3v) is 7.04. The number of hydrogen-bond acceptors (Lipinski definition) is 6. The number of carbonyl (C=O) groups excluding carboxylic acids is 2. The molecule has 0 bridgehead atoms. The highest BCUT2D eigenvalue weighted by Gasteiger charge is 2.36. The summed E-state index contributed by atoms with van der Waals surface area (Å²) in [5, 5.41) is 16.6. The summed E-state index contributed by atoms with van der Waals surface area (Å²) in [6.07, 6.45) is 2.23. The number of para-hydroxylation sites is 1. The van der Waals surface area contributed by atoms with Gasteiger partial charge in [-0.15, -0.1) is 0 Å². The SMILES string of the molecule is N#C[C@@H]1C[C@H](F)CN1C(=O)CN1CCC(Nc2cccc3ncc(C(=O)Nc4ccccc4)cc23)CC1. The number of fused-ring (bicyclic) bond motifs is 1. The lowest BCUT2D eigenvalue weighted by molar-refractivity contribution is -0.132. The number of alkyl halides is 1. The number of piperidine rings is 1. The van der Waals surface area contributed by atoms with Crippen LogP contribution in [-0.4, -0.2) is 71.0 Å². The number of nitriles is 1. The van der Waals surface area contributed by atoms with Gasteiger partial charge in [-0.05, 0) is 43.2 Å². The Morgan fingerprint density at radius 2 is 1.89 bits per heavy atom. The number of likely N-dealkylation sites (tertiary alicyclic amines) is 2. The molecule has 2 amide bonds. The molecule has 1 aromatic heterocycles. The van der Waals surface area contributed by atoms with Gasteiger partial charge in [0.05, 0.1) is 30.2 Å². The van der Waals surface area contributed by atoms with Gasteiger partial charge in [-0.1, -0.05) is 24.3 Å². The number of amides is 2. The molecule has 2 atom stereocenters. The molecule has 2 fully saturated rings. The van der Waals surface area contributed by atoms with Crippen LogP contribution in [0.2, 0.25) is 0 Å². The standard InChI is InChI=1S/C28H29FN6O2/c29-20-14-23(15-30)35(17-20)27(36)18-34-11-9-22(10-12-34)32-26-8-4-7-25-24(26)13-19(16-31-25)28(37)33-21-5-2-1-3-6-21/h1-8,13,16,20,22-23,32H,9-12,14,17-18H2,(H,33,37)/t20-,23-/m0/s1. The summed E-state index contributed by atoms with van der Waals surface area (Å²) in [5.74, 6) is -0.399. The van der Waals surface area contributed by atoms with Crippen molar-refractivity contribution in [3.63, 3.8) is 0 Å². The molecule has 8 nitrogen and oxygen atoms in total. The fourth-order valence-corrected chi connectivity index (χ4v) is 5.04. The predicted molar refractivity (Wildman–Crippen MR) is 140 cm³/mol. The van der Waals surface area contributed by atoms with Crippen molar-refractivity contribution in [1.29, 1.82) is 5.26 Å². The van der Waals surface area contributed by atoms with Crippen molar-refractivity contribution in [1.82, 2.24) is 14.8 Å². The number of anilines is 2. The molecule has 37 heavy (non-hydrogen) atoms. The highest BCUT2D eigenvalue weighted by atomic mass is 19.1. The van der Waals surface area contributed by atoms with Gasteiger partial charge < -0.3 is 15.5 Å². The minimum absolute atomic E-state index is 0.00948. The van der Waals surface area contributed by atoms with E-state index in [4.69, 9.17) is 0 Å². The number of nitrogens with zero attached hydrogens (tertiary/aromatic N) is 4. The van der Waals surface area contributed by atoms with Crippen LogP contribution in [0.1, 0.15) is 29.6 Å². The Hall–Kier alpha value is -4.03. The van der Waals surface area contributed by atoms with Crippen molar-refractivity contribution < 1.29 is 14.0 Å². The summed E-state index contributed by atoms with van der Waals surface area (Å²) in [7, 11) is 0. The maximum atomic E-state index is 13.7. The van der Waals surface area contributed by atoms with Crippen LogP contribution in [-0.2, 0) is 4.79 Å². The number of pyridine rings is 1. The van der Waals surface area contributed by atoms with Crippen LogP contribution in [0.3, 0.4) is 0 Å². The largest absolute Gasteiger partial charge is 0.382 e. The lowest BCUT2D eigenvalue weighted by Gasteiger charge is -2.33. The first-order valence-electron chi connectivity index (χ1n) is 12.6. The molecule has 0 unspecified atom stereocenters. The topological polar surface area (TPSA) is 101 Å². The van der Waals surface area contributed by atoms with E-state index < -0.39 is 12.2 Å². The summed E-state index contributed by atoms with van der Waals surface area (Å²) in [6.45, 7) is 1.66. The number of rotatable bonds is 6. The molecular weight excluding hydrogens is 471 g/mol. The Bertz CT molecular complexity index is 1320. The van der Waals surface area contributed by atoms with Crippen molar-refractivity contribution in [2.45, 2.75) is 37.5 Å². The average molecular weight is 501 g/mol.